The maximum absolute atomic E-state index is 10.6. The lowest BCUT2D eigenvalue weighted by Crippen LogP contribution is -1.82. The van der Waals surface area contributed by atoms with E-state index in [1.807, 2.05) is 11.4 Å². The van der Waals surface area contributed by atoms with Gasteiger partial charge in [0.25, 0.3) is 0 Å². The van der Waals surface area contributed by atoms with Gasteiger partial charge in [0.05, 0.1) is 4.70 Å². The van der Waals surface area contributed by atoms with Gasteiger partial charge in [0, 0.05) is 15.8 Å². The fourth-order valence-corrected chi connectivity index (χ4v) is 2.47. The van der Waals surface area contributed by atoms with E-state index in [1.165, 1.54) is 17.4 Å². The predicted molar refractivity (Wildman–Crippen MR) is 56.1 cm³/mol. The topological polar surface area (TPSA) is 37.3 Å². The number of carbonyl (C=O) groups is 1. The molecular formula is C9H6O2S2. The fraction of sp³-hybridized carbons (Fsp3) is 0. The van der Waals surface area contributed by atoms with E-state index in [1.54, 1.807) is 0 Å². The molecule has 0 aliphatic rings. The molecule has 1 aromatic heterocycles. The van der Waals surface area contributed by atoms with Crippen molar-refractivity contribution in [2.24, 2.45) is 0 Å². The van der Waals surface area contributed by atoms with Crippen LogP contribution < -0.4 is 0 Å². The second-order valence-corrected chi connectivity index (χ2v) is 3.98. The van der Waals surface area contributed by atoms with Gasteiger partial charge in [-0.05, 0) is 17.5 Å². The molecule has 4 heteroatoms. The van der Waals surface area contributed by atoms with E-state index in [0.29, 0.717) is 16.7 Å². The third-order valence-corrected chi connectivity index (χ3v) is 3.41. The number of benzene rings is 1. The van der Waals surface area contributed by atoms with Crippen LogP contribution >= 0.6 is 24.0 Å². The molecule has 0 amide bonds. The Morgan fingerprint density at radius 3 is 3.00 bits per heavy atom. The van der Waals surface area contributed by atoms with Crippen molar-refractivity contribution < 1.29 is 9.90 Å². The van der Waals surface area contributed by atoms with Crippen LogP contribution in [-0.4, -0.2) is 11.4 Å². The van der Waals surface area contributed by atoms with Gasteiger partial charge in [-0.15, -0.1) is 24.0 Å². The van der Waals surface area contributed by atoms with Crippen LogP contribution in [0.4, 0.5) is 0 Å². The number of aldehydes is 1. The lowest BCUT2D eigenvalue weighted by Gasteiger charge is -2.01. The molecule has 0 aliphatic carbocycles. The highest BCUT2D eigenvalue weighted by Crippen LogP contribution is 2.35. The Balaban J connectivity index is 2.93. The molecule has 2 nitrogen and oxygen atoms in total. The monoisotopic (exact) mass is 210 g/mol. The summed E-state index contributed by atoms with van der Waals surface area (Å²) in [5, 5.41) is 12.1. The molecule has 2 aromatic rings. The molecule has 0 saturated heterocycles. The third kappa shape index (κ3) is 1.22. The van der Waals surface area contributed by atoms with Gasteiger partial charge in [0.15, 0.2) is 6.29 Å². The fourth-order valence-electron chi connectivity index (χ4n) is 1.21. The van der Waals surface area contributed by atoms with E-state index in [2.05, 4.69) is 12.6 Å². The molecule has 0 bridgehead atoms. The number of hydrogen-bond acceptors (Lipinski definition) is 4. The van der Waals surface area contributed by atoms with Crippen LogP contribution in [-0.2, 0) is 0 Å². The molecule has 0 fully saturated rings. The third-order valence-electron chi connectivity index (χ3n) is 1.85. The largest absolute Gasteiger partial charge is 0.507 e. The normalized spacial score (nSPS) is 10.5. The number of fused-ring (bicyclic) bond motifs is 1. The summed E-state index contributed by atoms with van der Waals surface area (Å²) >= 11 is 5.69. The Kier molecular flexibility index (Phi) is 2.01. The van der Waals surface area contributed by atoms with Crippen LogP contribution in [0.2, 0.25) is 0 Å². The van der Waals surface area contributed by atoms with Crippen molar-refractivity contribution in [3.63, 3.8) is 0 Å². The second-order valence-electron chi connectivity index (χ2n) is 2.61. The smallest absolute Gasteiger partial charge is 0.151 e. The summed E-state index contributed by atoms with van der Waals surface area (Å²) < 4.78 is 0.852. The first kappa shape index (κ1) is 8.59. The summed E-state index contributed by atoms with van der Waals surface area (Å²) in [5.41, 5.74) is 0.427. The zero-order chi connectivity index (χ0) is 9.42. The molecule has 13 heavy (non-hydrogen) atoms. The summed E-state index contributed by atoms with van der Waals surface area (Å²) in [7, 11) is 0. The number of hydrogen-bond donors (Lipinski definition) is 2. The maximum atomic E-state index is 10.6. The molecule has 1 N–H and O–H groups in total. The van der Waals surface area contributed by atoms with Crippen molar-refractivity contribution in [1.29, 1.82) is 0 Å². The molecule has 0 saturated carbocycles. The molecule has 1 aromatic carbocycles. The molecule has 0 radical (unpaired) electrons. The summed E-state index contributed by atoms with van der Waals surface area (Å²) in [6.45, 7) is 0. The second kappa shape index (κ2) is 3.05. The highest BCUT2D eigenvalue weighted by molar-refractivity contribution is 7.80. The number of rotatable bonds is 1. The van der Waals surface area contributed by atoms with Gasteiger partial charge in [-0.25, -0.2) is 0 Å². The van der Waals surface area contributed by atoms with E-state index >= 15 is 0 Å². The Labute approximate surface area is 84.2 Å². The number of carbonyl (C=O) groups excluding carboxylic acids is 1. The molecular weight excluding hydrogens is 204 g/mol. The van der Waals surface area contributed by atoms with Gasteiger partial charge < -0.3 is 5.11 Å². The summed E-state index contributed by atoms with van der Waals surface area (Å²) in [6.07, 6.45) is 0.696. The molecule has 0 spiro atoms. The number of phenolic OH excluding ortho intramolecular Hbond substituents is 1. The lowest BCUT2D eigenvalue weighted by atomic mass is 10.2. The van der Waals surface area contributed by atoms with Gasteiger partial charge in [-0.1, -0.05) is 0 Å². The Morgan fingerprint density at radius 1 is 1.54 bits per heavy atom. The van der Waals surface area contributed by atoms with Crippen molar-refractivity contribution in [2.45, 2.75) is 4.90 Å². The van der Waals surface area contributed by atoms with Crippen LogP contribution in [0.15, 0.2) is 22.4 Å². The zero-order valence-corrected chi connectivity index (χ0v) is 8.23. The van der Waals surface area contributed by atoms with Gasteiger partial charge in [0.1, 0.15) is 5.75 Å². The van der Waals surface area contributed by atoms with Crippen LogP contribution in [0.5, 0.6) is 5.75 Å². The SMILES string of the molecule is O=Cc1cc(O)c2ccsc2c1S. The highest BCUT2D eigenvalue weighted by Gasteiger charge is 2.09. The Morgan fingerprint density at radius 2 is 2.31 bits per heavy atom. The summed E-state index contributed by atoms with van der Waals surface area (Å²) in [4.78, 5) is 11.2. The summed E-state index contributed by atoms with van der Waals surface area (Å²) in [5.74, 6) is 0.135. The van der Waals surface area contributed by atoms with Crippen molar-refractivity contribution in [3.05, 3.63) is 23.1 Å². The minimum Gasteiger partial charge on any atom is -0.507 e. The Bertz CT molecular complexity index is 474. The van der Waals surface area contributed by atoms with Crippen LogP contribution in [0.3, 0.4) is 0 Å². The van der Waals surface area contributed by atoms with Crippen molar-refractivity contribution in [1.82, 2.24) is 0 Å². The van der Waals surface area contributed by atoms with Crippen LogP contribution in [0.1, 0.15) is 10.4 Å². The van der Waals surface area contributed by atoms with Crippen molar-refractivity contribution in [2.75, 3.05) is 0 Å². The number of aromatic hydroxyl groups is 1. The average molecular weight is 210 g/mol. The number of phenols is 1. The van der Waals surface area contributed by atoms with E-state index in [-0.39, 0.29) is 5.75 Å². The highest BCUT2D eigenvalue weighted by atomic mass is 32.1. The molecule has 0 unspecified atom stereocenters. The average Bonchev–Trinajstić information content (AvgIpc) is 2.60. The lowest BCUT2D eigenvalue weighted by molar-refractivity contribution is 0.112. The van der Waals surface area contributed by atoms with Crippen LogP contribution in [0, 0.1) is 0 Å². The van der Waals surface area contributed by atoms with E-state index in [9.17, 15) is 9.90 Å². The first-order valence-electron chi connectivity index (χ1n) is 3.61. The van der Waals surface area contributed by atoms with Crippen LogP contribution in [0.25, 0.3) is 10.1 Å². The van der Waals surface area contributed by atoms with Gasteiger partial charge in [-0.3, -0.25) is 4.79 Å². The van der Waals surface area contributed by atoms with E-state index in [0.717, 1.165) is 10.1 Å². The molecule has 1 heterocycles. The minimum atomic E-state index is 0.135. The van der Waals surface area contributed by atoms with Crippen molar-refractivity contribution >= 4 is 40.3 Å². The number of thiophene rings is 1. The molecule has 2 rings (SSSR count). The van der Waals surface area contributed by atoms with Gasteiger partial charge in [-0.2, -0.15) is 0 Å². The maximum Gasteiger partial charge on any atom is 0.151 e. The van der Waals surface area contributed by atoms with E-state index < -0.39 is 0 Å². The summed E-state index contributed by atoms with van der Waals surface area (Å²) in [6, 6.07) is 3.24. The molecule has 0 aliphatic heterocycles. The molecule has 66 valence electrons. The van der Waals surface area contributed by atoms with Crippen molar-refractivity contribution in [3.8, 4) is 5.75 Å². The van der Waals surface area contributed by atoms with E-state index in [4.69, 9.17) is 0 Å². The quantitative estimate of drug-likeness (QED) is 0.561. The first-order chi connectivity index (χ1) is 6.24. The molecule has 0 atom stereocenters. The first-order valence-corrected chi connectivity index (χ1v) is 4.94. The zero-order valence-electron chi connectivity index (χ0n) is 6.52. The van der Waals surface area contributed by atoms with Gasteiger partial charge >= 0.3 is 0 Å². The van der Waals surface area contributed by atoms with Gasteiger partial charge in [0.2, 0.25) is 0 Å². The standard InChI is InChI=1S/C9H6O2S2/c10-4-5-3-7(11)6-1-2-13-9(6)8(5)12/h1-4,11-12H. The number of thiol groups is 1. The Hall–Kier alpha value is -1.00. The minimum absolute atomic E-state index is 0.135. The predicted octanol–water partition coefficient (Wildman–Crippen LogP) is 2.71.